The van der Waals surface area contributed by atoms with Crippen LogP contribution in [0.1, 0.15) is 11.4 Å². The van der Waals surface area contributed by atoms with E-state index in [0.717, 1.165) is 30.3 Å². The molecular formula is C19H19N2O2+. The van der Waals surface area contributed by atoms with E-state index in [2.05, 4.69) is 40.0 Å². The van der Waals surface area contributed by atoms with Gasteiger partial charge in [0.05, 0.1) is 6.42 Å². The number of hydrogen-bond donors (Lipinski definition) is 1. The van der Waals surface area contributed by atoms with Gasteiger partial charge in [0.25, 0.3) is 5.82 Å². The zero-order valence-electron chi connectivity index (χ0n) is 12.8. The normalized spacial score (nSPS) is 16.3. The van der Waals surface area contributed by atoms with Crippen LogP contribution in [0.15, 0.2) is 67.0 Å². The van der Waals surface area contributed by atoms with Crippen molar-refractivity contribution in [3.63, 3.8) is 0 Å². The van der Waals surface area contributed by atoms with Gasteiger partial charge >= 0.3 is 0 Å². The van der Waals surface area contributed by atoms with Gasteiger partial charge in [0.2, 0.25) is 0 Å². The quantitative estimate of drug-likeness (QED) is 0.753. The predicted octanol–water partition coefficient (Wildman–Crippen LogP) is 2.73. The van der Waals surface area contributed by atoms with Crippen LogP contribution in [0, 0.1) is 0 Å². The second-order valence-electron chi connectivity index (χ2n) is 5.72. The third-order valence-electron chi connectivity index (χ3n) is 4.04. The molecule has 0 aliphatic carbocycles. The molecule has 1 aliphatic rings. The molecule has 1 unspecified atom stereocenters. The summed E-state index contributed by atoms with van der Waals surface area (Å²) < 4.78 is 14.1. The van der Waals surface area contributed by atoms with Crippen molar-refractivity contribution >= 4 is 0 Å². The number of para-hydroxylation sites is 2. The highest BCUT2D eigenvalue weighted by atomic mass is 16.6. The first-order valence-electron chi connectivity index (χ1n) is 7.86. The van der Waals surface area contributed by atoms with Gasteiger partial charge in [-0.2, -0.15) is 0 Å². The van der Waals surface area contributed by atoms with Crippen LogP contribution >= 0.6 is 0 Å². The molecule has 0 bridgehead atoms. The molecular weight excluding hydrogens is 288 g/mol. The summed E-state index contributed by atoms with van der Waals surface area (Å²) >= 11 is 0. The van der Waals surface area contributed by atoms with E-state index in [1.54, 1.807) is 0 Å². The third-order valence-corrected chi connectivity index (χ3v) is 4.04. The van der Waals surface area contributed by atoms with Gasteiger partial charge in [-0.25, -0.2) is 9.55 Å². The van der Waals surface area contributed by atoms with Crippen molar-refractivity contribution in [1.29, 1.82) is 0 Å². The molecule has 2 aromatic carbocycles. The Labute approximate surface area is 135 Å². The molecule has 2 heterocycles. The number of nitrogens with one attached hydrogen (secondary N) is 1. The van der Waals surface area contributed by atoms with Crippen LogP contribution < -0.4 is 14.0 Å². The van der Waals surface area contributed by atoms with E-state index in [0.29, 0.717) is 6.61 Å². The van der Waals surface area contributed by atoms with Gasteiger partial charge in [-0.15, -0.1) is 0 Å². The molecule has 0 amide bonds. The van der Waals surface area contributed by atoms with Crippen LogP contribution in [0.5, 0.6) is 11.5 Å². The molecule has 0 saturated heterocycles. The number of nitrogens with zero attached hydrogens (tertiary/aromatic N) is 1. The molecule has 1 aromatic heterocycles. The molecule has 0 radical (unpaired) electrons. The standard InChI is InChI=1S/C19H18N2O2/c1-2-6-15(7-3-1)13-21-11-10-20-19(21)12-16-14-22-17-8-4-5-9-18(17)23-16/h1-11,16H,12-14H2/p+1. The van der Waals surface area contributed by atoms with Crippen LogP contribution in [0.3, 0.4) is 0 Å². The van der Waals surface area contributed by atoms with Crippen molar-refractivity contribution in [2.45, 2.75) is 19.1 Å². The van der Waals surface area contributed by atoms with Gasteiger partial charge in [0, 0.05) is 0 Å². The maximum Gasteiger partial charge on any atom is 0.258 e. The van der Waals surface area contributed by atoms with E-state index in [9.17, 15) is 0 Å². The zero-order chi connectivity index (χ0) is 15.5. The fourth-order valence-electron chi connectivity index (χ4n) is 2.88. The first-order chi connectivity index (χ1) is 11.4. The number of ether oxygens (including phenoxy) is 2. The van der Waals surface area contributed by atoms with E-state index in [1.807, 2.05) is 36.5 Å². The number of rotatable bonds is 4. The van der Waals surface area contributed by atoms with E-state index >= 15 is 0 Å². The lowest BCUT2D eigenvalue weighted by molar-refractivity contribution is -0.694. The Bertz CT molecular complexity index is 783. The summed E-state index contributed by atoms with van der Waals surface area (Å²) in [4.78, 5) is 3.32. The lowest BCUT2D eigenvalue weighted by atomic mass is 10.2. The summed E-state index contributed by atoms with van der Waals surface area (Å²) in [5.74, 6) is 2.79. The van der Waals surface area contributed by atoms with Crippen LogP contribution in [0.4, 0.5) is 0 Å². The van der Waals surface area contributed by atoms with Crippen molar-refractivity contribution < 1.29 is 14.0 Å². The molecule has 116 valence electrons. The summed E-state index contributed by atoms with van der Waals surface area (Å²) in [6.45, 7) is 1.42. The summed E-state index contributed by atoms with van der Waals surface area (Å²) in [6.07, 6.45) is 4.84. The SMILES string of the molecule is c1ccc(C[n+]2cc[nH]c2CC2COc3ccccc3O2)cc1. The van der Waals surface area contributed by atoms with Crippen LogP contribution in [-0.2, 0) is 13.0 Å². The minimum atomic E-state index is 0.0190. The molecule has 0 saturated carbocycles. The Kier molecular flexibility index (Phi) is 3.72. The lowest BCUT2D eigenvalue weighted by Gasteiger charge is -2.25. The Balaban J connectivity index is 1.47. The number of H-pyrrole nitrogens is 1. The number of aromatic amines is 1. The maximum absolute atomic E-state index is 6.05. The van der Waals surface area contributed by atoms with Gasteiger partial charge in [-0.3, -0.25) is 0 Å². The van der Waals surface area contributed by atoms with Gasteiger partial charge in [-0.05, 0) is 17.7 Å². The molecule has 1 aliphatic heterocycles. The van der Waals surface area contributed by atoms with Gasteiger partial charge < -0.3 is 9.47 Å². The summed E-state index contributed by atoms with van der Waals surface area (Å²) in [7, 11) is 0. The van der Waals surface area contributed by atoms with Crippen molar-refractivity contribution in [3.8, 4) is 11.5 Å². The van der Waals surface area contributed by atoms with Crippen molar-refractivity contribution in [2.24, 2.45) is 0 Å². The highest BCUT2D eigenvalue weighted by molar-refractivity contribution is 5.40. The van der Waals surface area contributed by atoms with Gasteiger partial charge in [0.15, 0.2) is 11.5 Å². The van der Waals surface area contributed by atoms with E-state index < -0.39 is 0 Å². The van der Waals surface area contributed by atoms with E-state index in [-0.39, 0.29) is 6.10 Å². The summed E-state index contributed by atoms with van der Waals surface area (Å²) in [5.41, 5.74) is 1.28. The number of imidazole rings is 1. The molecule has 4 heteroatoms. The smallest absolute Gasteiger partial charge is 0.258 e. The molecule has 1 atom stereocenters. The maximum atomic E-state index is 6.05. The second-order valence-corrected chi connectivity index (χ2v) is 5.72. The van der Waals surface area contributed by atoms with E-state index in [4.69, 9.17) is 9.47 Å². The minimum Gasteiger partial charge on any atom is -0.486 e. The number of aromatic nitrogens is 2. The Morgan fingerprint density at radius 1 is 1.00 bits per heavy atom. The van der Waals surface area contributed by atoms with Gasteiger partial charge in [0.1, 0.15) is 31.6 Å². The first-order valence-corrected chi connectivity index (χ1v) is 7.86. The van der Waals surface area contributed by atoms with E-state index in [1.165, 1.54) is 5.56 Å². The largest absolute Gasteiger partial charge is 0.486 e. The molecule has 4 rings (SSSR count). The predicted molar refractivity (Wildman–Crippen MR) is 86.6 cm³/mol. The Morgan fingerprint density at radius 3 is 2.65 bits per heavy atom. The monoisotopic (exact) mass is 307 g/mol. The molecule has 23 heavy (non-hydrogen) atoms. The van der Waals surface area contributed by atoms with Crippen molar-refractivity contribution in [2.75, 3.05) is 6.61 Å². The lowest BCUT2D eigenvalue weighted by Crippen LogP contribution is -2.41. The van der Waals surface area contributed by atoms with Crippen LogP contribution in [-0.4, -0.2) is 17.7 Å². The summed E-state index contributed by atoms with van der Waals surface area (Å²) in [6, 6.07) is 18.3. The fourth-order valence-corrected chi connectivity index (χ4v) is 2.88. The topological polar surface area (TPSA) is 38.1 Å². The average Bonchev–Trinajstić information content (AvgIpc) is 3.02. The van der Waals surface area contributed by atoms with Crippen LogP contribution in [0.2, 0.25) is 0 Å². The average molecular weight is 307 g/mol. The first kappa shape index (κ1) is 13.9. The third kappa shape index (κ3) is 3.06. The van der Waals surface area contributed by atoms with Crippen molar-refractivity contribution in [3.05, 3.63) is 78.4 Å². The highest BCUT2D eigenvalue weighted by Gasteiger charge is 2.25. The molecule has 3 aromatic rings. The molecule has 0 fully saturated rings. The molecule has 0 spiro atoms. The Morgan fingerprint density at radius 2 is 1.78 bits per heavy atom. The molecule has 4 nitrogen and oxygen atoms in total. The fraction of sp³-hybridized carbons (Fsp3) is 0.211. The van der Waals surface area contributed by atoms with Crippen molar-refractivity contribution in [1.82, 2.24) is 4.98 Å². The van der Waals surface area contributed by atoms with Crippen LogP contribution in [0.25, 0.3) is 0 Å². The summed E-state index contributed by atoms with van der Waals surface area (Å²) in [5, 5.41) is 0. The zero-order valence-corrected chi connectivity index (χ0v) is 12.8. The molecule has 1 N–H and O–H groups in total. The second kappa shape index (κ2) is 6.16. The number of benzene rings is 2. The Hall–Kier alpha value is -2.75. The minimum absolute atomic E-state index is 0.0190. The number of fused-ring (bicyclic) bond motifs is 1. The highest BCUT2D eigenvalue weighted by Crippen LogP contribution is 2.31. The van der Waals surface area contributed by atoms with Gasteiger partial charge in [-0.1, -0.05) is 42.5 Å². The number of hydrogen-bond acceptors (Lipinski definition) is 2.